The first-order valence-electron chi connectivity index (χ1n) is 6.75. The molecule has 1 aromatic rings. The van der Waals surface area contributed by atoms with Gasteiger partial charge in [0.2, 0.25) is 0 Å². The van der Waals surface area contributed by atoms with Crippen LogP contribution in [0.25, 0.3) is 0 Å². The molecule has 2 rings (SSSR count). The third kappa shape index (κ3) is 3.18. The van der Waals surface area contributed by atoms with Crippen LogP contribution in [0, 0.1) is 0 Å². The van der Waals surface area contributed by atoms with Crippen LogP contribution in [-0.2, 0) is 6.54 Å². The molecule has 1 aliphatic heterocycles. The molecule has 0 spiro atoms. The summed E-state index contributed by atoms with van der Waals surface area (Å²) in [7, 11) is 0. The van der Waals surface area contributed by atoms with E-state index in [4.69, 9.17) is 0 Å². The molecule has 1 fully saturated rings. The monoisotopic (exact) mass is 265 g/mol. The molecule has 1 aliphatic rings. The normalized spacial score (nSPS) is 25.1. The Balaban J connectivity index is 2.08. The fraction of sp³-hybridized carbons (Fsp3) is 0.643. The number of nitrogens with zero attached hydrogens (tertiary/aromatic N) is 2. The summed E-state index contributed by atoms with van der Waals surface area (Å²) >= 11 is 2.08. The largest absolute Gasteiger partial charge is 0.370 e. The summed E-state index contributed by atoms with van der Waals surface area (Å²) in [5.41, 5.74) is 1.31. The maximum atomic E-state index is 4.43. The summed E-state index contributed by atoms with van der Waals surface area (Å²) in [6, 6.07) is 4.85. The zero-order valence-corrected chi connectivity index (χ0v) is 12.3. The minimum Gasteiger partial charge on any atom is -0.370 e. The Morgan fingerprint density at radius 1 is 1.50 bits per heavy atom. The van der Waals surface area contributed by atoms with Crippen molar-refractivity contribution >= 4 is 17.6 Å². The predicted octanol–water partition coefficient (Wildman–Crippen LogP) is 2.84. The number of anilines is 1. The van der Waals surface area contributed by atoms with Gasteiger partial charge in [0.15, 0.2) is 0 Å². The van der Waals surface area contributed by atoms with Crippen molar-refractivity contribution in [3.8, 4) is 0 Å². The Kier molecular flexibility index (Phi) is 4.89. The van der Waals surface area contributed by atoms with Crippen LogP contribution in [0.5, 0.6) is 0 Å². The van der Waals surface area contributed by atoms with E-state index in [-0.39, 0.29) is 0 Å². The molecular formula is C14H23N3S. The molecule has 18 heavy (non-hydrogen) atoms. The van der Waals surface area contributed by atoms with Gasteiger partial charge in [-0.3, -0.25) is 4.90 Å². The highest BCUT2D eigenvalue weighted by atomic mass is 32.2. The lowest BCUT2D eigenvalue weighted by Gasteiger charge is -2.37. The van der Waals surface area contributed by atoms with Gasteiger partial charge < -0.3 is 5.32 Å². The summed E-state index contributed by atoms with van der Waals surface area (Å²) in [6.07, 6.45) is 1.86. The summed E-state index contributed by atoms with van der Waals surface area (Å²) in [5.74, 6) is 2.28. The van der Waals surface area contributed by atoms with E-state index >= 15 is 0 Å². The molecule has 0 radical (unpaired) electrons. The van der Waals surface area contributed by atoms with E-state index in [2.05, 4.69) is 53.8 Å². The number of aromatic nitrogens is 1. The number of nitrogens with one attached hydrogen (secondary N) is 1. The van der Waals surface area contributed by atoms with Crippen LogP contribution in [0.15, 0.2) is 18.3 Å². The summed E-state index contributed by atoms with van der Waals surface area (Å²) in [4.78, 5) is 7.00. The molecular weight excluding hydrogens is 242 g/mol. The third-order valence-electron chi connectivity index (χ3n) is 3.62. The maximum Gasteiger partial charge on any atom is 0.130 e. The van der Waals surface area contributed by atoms with Gasteiger partial charge in [0, 0.05) is 48.4 Å². The zero-order chi connectivity index (χ0) is 13.0. The van der Waals surface area contributed by atoms with E-state index in [1.165, 1.54) is 17.9 Å². The van der Waals surface area contributed by atoms with Crippen LogP contribution < -0.4 is 5.32 Å². The van der Waals surface area contributed by atoms with Gasteiger partial charge in [-0.05, 0) is 19.9 Å². The van der Waals surface area contributed by atoms with Gasteiger partial charge in [0.1, 0.15) is 5.82 Å². The van der Waals surface area contributed by atoms with Crippen molar-refractivity contribution in [2.45, 2.75) is 38.6 Å². The van der Waals surface area contributed by atoms with Gasteiger partial charge in [-0.15, -0.1) is 0 Å². The van der Waals surface area contributed by atoms with Crippen molar-refractivity contribution in [3.05, 3.63) is 23.9 Å². The molecule has 2 heterocycles. The van der Waals surface area contributed by atoms with Gasteiger partial charge in [0.25, 0.3) is 0 Å². The van der Waals surface area contributed by atoms with E-state index < -0.39 is 0 Å². The minimum absolute atomic E-state index is 0.637. The van der Waals surface area contributed by atoms with Gasteiger partial charge in [0.05, 0.1) is 0 Å². The Bertz CT molecular complexity index is 383. The number of hydrogen-bond donors (Lipinski definition) is 1. The molecule has 2 atom stereocenters. The van der Waals surface area contributed by atoms with Crippen molar-refractivity contribution in [1.29, 1.82) is 0 Å². The molecule has 1 saturated heterocycles. The lowest BCUT2D eigenvalue weighted by Crippen LogP contribution is -2.44. The minimum atomic E-state index is 0.637. The fourth-order valence-electron chi connectivity index (χ4n) is 2.33. The van der Waals surface area contributed by atoms with Crippen molar-refractivity contribution in [2.75, 3.05) is 24.2 Å². The second-order valence-corrected chi connectivity index (χ2v) is 6.31. The molecule has 4 heteroatoms. The van der Waals surface area contributed by atoms with Gasteiger partial charge >= 0.3 is 0 Å². The van der Waals surface area contributed by atoms with Crippen molar-refractivity contribution in [1.82, 2.24) is 9.88 Å². The maximum absolute atomic E-state index is 4.43. The lowest BCUT2D eigenvalue weighted by atomic mass is 10.1. The van der Waals surface area contributed by atoms with Crippen LogP contribution in [0.2, 0.25) is 0 Å². The topological polar surface area (TPSA) is 28.2 Å². The summed E-state index contributed by atoms with van der Waals surface area (Å²) in [5, 5.41) is 4.07. The smallest absolute Gasteiger partial charge is 0.130 e. The number of rotatable bonds is 4. The van der Waals surface area contributed by atoms with Crippen LogP contribution in [0.1, 0.15) is 26.3 Å². The van der Waals surface area contributed by atoms with E-state index in [9.17, 15) is 0 Å². The lowest BCUT2D eigenvalue weighted by molar-refractivity contribution is 0.204. The van der Waals surface area contributed by atoms with E-state index in [1.54, 1.807) is 0 Å². The van der Waals surface area contributed by atoms with Crippen molar-refractivity contribution in [3.63, 3.8) is 0 Å². The van der Waals surface area contributed by atoms with E-state index in [1.807, 2.05) is 12.3 Å². The highest BCUT2D eigenvalue weighted by Gasteiger charge is 2.25. The second-order valence-electron chi connectivity index (χ2n) is 4.83. The molecule has 0 aromatic carbocycles. The number of pyridine rings is 1. The Morgan fingerprint density at radius 2 is 2.33 bits per heavy atom. The highest BCUT2D eigenvalue weighted by molar-refractivity contribution is 8.00. The number of hydrogen-bond acceptors (Lipinski definition) is 4. The van der Waals surface area contributed by atoms with Gasteiger partial charge in [-0.25, -0.2) is 4.98 Å². The zero-order valence-electron chi connectivity index (χ0n) is 11.5. The average Bonchev–Trinajstić information content (AvgIpc) is 2.37. The van der Waals surface area contributed by atoms with E-state index in [0.29, 0.717) is 6.04 Å². The first kappa shape index (κ1) is 13.7. The van der Waals surface area contributed by atoms with Crippen LogP contribution in [0.4, 0.5) is 5.82 Å². The van der Waals surface area contributed by atoms with Crippen molar-refractivity contribution in [2.24, 2.45) is 0 Å². The van der Waals surface area contributed by atoms with Crippen LogP contribution >= 0.6 is 11.8 Å². The highest BCUT2D eigenvalue weighted by Crippen LogP contribution is 2.26. The van der Waals surface area contributed by atoms with Gasteiger partial charge in [-0.2, -0.15) is 11.8 Å². The summed E-state index contributed by atoms with van der Waals surface area (Å²) < 4.78 is 0. The average molecular weight is 265 g/mol. The first-order chi connectivity index (χ1) is 8.72. The molecule has 2 unspecified atom stereocenters. The molecule has 0 saturated carbocycles. The molecule has 0 bridgehead atoms. The Hall–Kier alpha value is -0.740. The van der Waals surface area contributed by atoms with Crippen LogP contribution in [0.3, 0.4) is 0 Å². The number of thioether (sulfide) groups is 1. The quantitative estimate of drug-likeness (QED) is 0.906. The Labute approximate surface area is 114 Å². The van der Waals surface area contributed by atoms with Crippen LogP contribution in [-0.4, -0.2) is 40.0 Å². The Morgan fingerprint density at radius 3 is 3.11 bits per heavy atom. The fourth-order valence-corrected chi connectivity index (χ4v) is 3.49. The second kappa shape index (κ2) is 6.43. The molecule has 100 valence electrons. The summed E-state index contributed by atoms with van der Waals surface area (Å²) in [6.45, 7) is 9.88. The van der Waals surface area contributed by atoms with Gasteiger partial charge in [-0.1, -0.05) is 13.0 Å². The predicted molar refractivity (Wildman–Crippen MR) is 80.2 cm³/mol. The molecule has 1 N–H and O–H groups in total. The standard InChI is InChI=1S/C14H23N3S/c1-4-15-14-13(6-5-7-16-14)10-17-8-9-18-12(3)11(17)2/h5-7,11-12H,4,8-10H2,1-3H3,(H,15,16). The SMILES string of the molecule is CCNc1ncccc1CN1CCSC(C)C1C. The first-order valence-corrected chi connectivity index (χ1v) is 7.80. The molecule has 0 amide bonds. The van der Waals surface area contributed by atoms with E-state index in [0.717, 1.165) is 24.2 Å². The third-order valence-corrected chi connectivity index (χ3v) is 4.96. The van der Waals surface area contributed by atoms with Crippen molar-refractivity contribution < 1.29 is 0 Å². The molecule has 1 aromatic heterocycles. The molecule has 3 nitrogen and oxygen atoms in total. The molecule has 0 aliphatic carbocycles.